The third-order valence-electron chi connectivity index (χ3n) is 12.1. The maximum atomic E-state index is 13.4. The van der Waals surface area contributed by atoms with Gasteiger partial charge in [0, 0.05) is 43.9 Å². The van der Waals surface area contributed by atoms with Gasteiger partial charge < -0.3 is 28.6 Å². The van der Waals surface area contributed by atoms with E-state index >= 15 is 0 Å². The molecule has 5 rings (SSSR count). The first kappa shape index (κ1) is 55.1. The fourth-order valence-electron chi connectivity index (χ4n) is 8.14. The summed E-state index contributed by atoms with van der Waals surface area (Å²) in [5, 5.41) is 1.02. The van der Waals surface area contributed by atoms with Crippen LogP contribution in [0.15, 0.2) is 28.9 Å². The summed E-state index contributed by atoms with van der Waals surface area (Å²) in [5.74, 6) is -1.97. The molecular weight excluding hydrogens is 898 g/mol. The zero-order valence-corrected chi connectivity index (χ0v) is 41.8. The van der Waals surface area contributed by atoms with E-state index in [1.54, 1.807) is 4.90 Å². The average molecular weight is 975 g/mol. The molecule has 2 aliphatic carbocycles. The summed E-state index contributed by atoms with van der Waals surface area (Å²) in [4.78, 5) is 78.2. The van der Waals surface area contributed by atoms with E-state index < -0.39 is 48.3 Å². The third-order valence-corrected chi connectivity index (χ3v) is 13.0. The van der Waals surface area contributed by atoms with Crippen LogP contribution in [0.3, 0.4) is 0 Å². The molecule has 0 bridgehead atoms. The minimum Gasteiger partial charge on any atom is -0.462 e. The average Bonchev–Trinajstić information content (AvgIpc) is 3.99. The maximum absolute atomic E-state index is 13.4. The highest BCUT2D eigenvalue weighted by Crippen LogP contribution is 2.52. The Morgan fingerprint density at radius 1 is 0.800 bits per heavy atom. The minimum absolute atomic E-state index is 0.0575. The fourth-order valence-corrected chi connectivity index (χ4v) is 8.84. The molecule has 1 saturated carbocycles. The molecule has 1 atom stereocenters. The molecule has 3 aliphatic rings. The van der Waals surface area contributed by atoms with Gasteiger partial charge in [0.1, 0.15) is 13.2 Å². The monoisotopic (exact) mass is 973 g/mol. The van der Waals surface area contributed by atoms with Crippen LogP contribution in [-0.2, 0) is 54.1 Å². The number of likely N-dealkylation sites (N-methyl/N-ethyl adjacent to an activating group) is 1. The highest BCUT2D eigenvalue weighted by atomic mass is 79.9. The molecule has 2 heterocycles. The summed E-state index contributed by atoms with van der Waals surface area (Å²) in [7, 11) is 2.12. The number of carbonyl (C=O) groups excluding carboxylic acids is 6. The van der Waals surface area contributed by atoms with Crippen molar-refractivity contribution in [2.75, 3.05) is 46.7 Å². The van der Waals surface area contributed by atoms with Crippen molar-refractivity contribution in [1.82, 2.24) is 14.4 Å². The van der Waals surface area contributed by atoms with E-state index in [1.807, 2.05) is 39.8 Å². The van der Waals surface area contributed by atoms with Crippen LogP contribution in [0.5, 0.6) is 0 Å². The van der Waals surface area contributed by atoms with Crippen LogP contribution in [0, 0.1) is 5.41 Å². The molecule has 0 saturated heterocycles. The molecule has 1 aliphatic heterocycles. The Morgan fingerprint density at radius 3 is 1.92 bits per heavy atom. The predicted molar refractivity (Wildman–Crippen MR) is 255 cm³/mol. The van der Waals surface area contributed by atoms with Crippen molar-refractivity contribution < 1.29 is 52.5 Å². The first-order valence-electron chi connectivity index (χ1n) is 24.2. The van der Waals surface area contributed by atoms with E-state index in [0.717, 1.165) is 112 Å². The summed E-state index contributed by atoms with van der Waals surface area (Å²) >= 11 is 3.66. The minimum atomic E-state index is -0.968. The second kappa shape index (κ2) is 29.4. The van der Waals surface area contributed by atoms with Crippen LogP contribution in [0.4, 0.5) is 4.79 Å². The molecule has 1 fully saturated rings. The molecule has 364 valence electrons. The fraction of sp³-hybridized carbons (Fsp3) is 0.680. The van der Waals surface area contributed by atoms with Crippen molar-refractivity contribution in [1.29, 1.82) is 0 Å². The summed E-state index contributed by atoms with van der Waals surface area (Å²) < 4.78 is 29.4. The number of esters is 4. The summed E-state index contributed by atoms with van der Waals surface area (Å²) in [6, 6.07) is 6.13. The van der Waals surface area contributed by atoms with Gasteiger partial charge in [-0.3, -0.25) is 28.9 Å². The molecule has 1 aromatic heterocycles. The maximum Gasteiger partial charge on any atom is 0.422 e. The molecule has 1 unspecified atom stereocenters. The van der Waals surface area contributed by atoms with Crippen LogP contribution >= 0.6 is 15.9 Å². The Balaban J connectivity index is 0.00000114. The van der Waals surface area contributed by atoms with E-state index in [0.29, 0.717) is 30.3 Å². The lowest BCUT2D eigenvalue weighted by Gasteiger charge is -2.36. The summed E-state index contributed by atoms with van der Waals surface area (Å²) in [6.07, 6.45) is 14.7. The molecule has 1 aromatic carbocycles. The standard InChI is InChI=1S/C43H59BrN2O10.C5H11NO.C2H6/c1-4-6-8-10-12-19-36(47)52-27-30(28-53-37(48)20-13-11-9-7-5-2)56-39(50)26-43(21-22-43)25-38(49)54-29-55-42(51)46-34-18-14-16-32-31-17-15-23-45(3)35(31)24-33(40(32)34)41(46)44;1-3-6(4-2)5-7;1-2/h14,16-18,30,35H,4-13,15,19-29H2,1-3H3;5H,3-4H2,1-2H3;1-2H3. The van der Waals surface area contributed by atoms with Gasteiger partial charge in [0.25, 0.3) is 0 Å². The Morgan fingerprint density at radius 2 is 1.38 bits per heavy atom. The quantitative estimate of drug-likeness (QED) is 0.0289. The van der Waals surface area contributed by atoms with Gasteiger partial charge in [0.05, 0.1) is 23.0 Å². The lowest BCUT2D eigenvalue weighted by molar-refractivity contribution is -0.168. The van der Waals surface area contributed by atoms with Crippen LogP contribution < -0.4 is 0 Å². The lowest BCUT2D eigenvalue weighted by atomic mass is 9.82. The number of amides is 1. The molecular formula is C50H76BrN3O11. The first-order chi connectivity index (χ1) is 31.4. The van der Waals surface area contributed by atoms with Gasteiger partial charge in [0.15, 0.2) is 6.10 Å². The predicted octanol–water partition coefficient (Wildman–Crippen LogP) is 10.3. The Hall–Kier alpha value is -4.24. The largest absolute Gasteiger partial charge is 0.462 e. The van der Waals surface area contributed by atoms with Gasteiger partial charge in [-0.25, -0.2) is 9.36 Å². The Bertz CT molecular complexity index is 1840. The highest BCUT2D eigenvalue weighted by Gasteiger charge is 2.47. The zero-order chi connectivity index (χ0) is 47.8. The van der Waals surface area contributed by atoms with Gasteiger partial charge in [-0.2, -0.15) is 0 Å². The van der Waals surface area contributed by atoms with E-state index in [-0.39, 0.29) is 44.9 Å². The smallest absolute Gasteiger partial charge is 0.422 e. The number of aromatic nitrogens is 1. The van der Waals surface area contributed by atoms with E-state index in [9.17, 15) is 28.8 Å². The molecule has 2 aromatic rings. The number of carbonyl (C=O) groups is 6. The zero-order valence-electron chi connectivity index (χ0n) is 40.2. The second-order valence-electron chi connectivity index (χ2n) is 17.0. The third kappa shape index (κ3) is 17.5. The second-order valence-corrected chi connectivity index (χ2v) is 17.7. The Kier molecular flexibility index (Phi) is 24.9. The molecule has 0 radical (unpaired) electrons. The van der Waals surface area contributed by atoms with Gasteiger partial charge in [-0.15, -0.1) is 0 Å². The van der Waals surface area contributed by atoms with E-state index in [4.69, 9.17) is 23.7 Å². The van der Waals surface area contributed by atoms with E-state index in [1.165, 1.54) is 10.1 Å². The van der Waals surface area contributed by atoms with E-state index in [2.05, 4.69) is 53.9 Å². The highest BCUT2D eigenvalue weighted by molar-refractivity contribution is 9.10. The van der Waals surface area contributed by atoms with Crippen LogP contribution in [-0.4, -0.2) is 110 Å². The molecule has 1 amide bonds. The topological polar surface area (TPSA) is 160 Å². The molecule has 14 nitrogen and oxygen atoms in total. The lowest BCUT2D eigenvalue weighted by Crippen LogP contribution is -2.39. The number of rotatable bonds is 26. The van der Waals surface area contributed by atoms with Crippen molar-refractivity contribution in [3.8, 4) is 0 Å². The normalized spacial score (nSPS) is 15.5. The van der Waals surface area contributed by atoms with Gasteiger partial charge in [0.2, 0.25) is 13.2 Å². The number of benzene rings is 1. The van der Waals surface area contributed by atoms with Gasteiger partial charge in [-0.05, 0) is 104 Å². The van der Waals surface area contributed by atoms with Crippen molar-refractivity contribution in [2.45, 2.75) is 169 Å². The summed E-state index contributed by atoms with van der Waals surface area (Å²) in [6.45, 7) is 13.7. The van der Waals surface area contributed by atoms with Crippen molar-refractivity contribution in [3.63, 3.8) is 0 Å². The van der Waals surface area contributed by atoms with Crippen LogP contribution in [0.1, 0.15) is 162 Å². The number of halogens is 1. The van der Waals surface area contributed by atoms with Crippen LogP contribution in [0.25, 0.3) is 16.5 Å². The number of nitrogens with zero attached hydrogens (tertiary/aromatic N) is 3. The number of hydrogen-bond acceptors (Lipinski definition) is 12. The van der Waals surface area contributed by atoms with Crippen molar-refractivity contribution >= 4 is 68.8 Å². The first-order valence-corrected chi connectivity index (χ1v) is 24.9. The molecule has 0 spiro atoms. The number of ether oxygens (including phenoxy) is 5. The van der Waals surface area contributed by atoms with Crippen LogP contribution in [0.2, 0.25) is 0 Å². The number of unbranched alkanes of at least 4 members (excludes halogenated alkanes) is 8. The number of hydrogen-bond donors (Lipinski definition) is 0. The van der Waals surface area contributed by atoms with Crippen molar-refractivity contribution in [3.05, 3.63) is 40.0 Å². The van der Waals surface area contributed by atoms with Gasteiger partial charge in [-0.1, -0.05) is 97.3 Å². The molecule has 15 heteroatoms. The Labute approximate surface area is 395 Å². The molecule has 0 N–H and O–H groups in total. The SMILES string of the molecule is CC.CCCCCCCC(=O)OCC(COC(=O)CCCCCCC)OC(=O)CC1(CC(=O)OCOC(=O)n2c(Br)c3c4c(cccc42)C2=CCCN(C)C2C3)CC1.CCN(C=O)CC. The van der Waals surface area contributed by atoms with Gasteiger partial charge >= 0.3 is 30.0 Å². The summed E-state index contributed by atoms with van der Waals surface area (Å²) in [5.41, 5.74) is 3.50. The van der Waals surface area contributed by atoms with Crippen molar-refractivity contribution in [2.24, 2.45) is 5.41 Å². The number of fused-ring (bicyclic) bond motifs is 2. The molecule has 65 heavy (non-hydrogen) atoms.